The number of piperidine rings is 1. The lowest BCUT2D eigenvalue weighted by molar-refractivity contribution is -0.137. The van der Waals surface area contributed by atoms with Gasteiger partial charge >= 0.3 is 6.18 Å². The van der Waals surface area contributed by atoms with Crippen LogP contribution in [0.5, 0.6) is 0 Å². The van der Waals surface area contributed by atoms with Crippen molar-refractivity contribution in [3.63, 3.8) is 0 Å². The Morgan fingerprint density at radius 2 is 1.09 bits per heavy atom. The lowest BCUT2D eigenvalue weighted by Gasteiger charge is -2.42. The van der Waals surface area contributed by atoms with Crippen LogP contribution in [0.15, 0.2) is 97.1 Å². The molecule has 2 aliphatic heterocycles. The molecule has 3 heterocycles. The number of hydrogen-bond acceptors (Lipinski definition) is 4. The van der Waals surface area contributed by atoms with Crippen molar-refractivity contribution < 1.29 is 22.8 Å². The Kier molecular flexibility index (Phi) is 8.48. The van der Waals surface area contributed by atoms with Crippen molar-refractivity contribution in [1.29, 1.82) is 0 Å². The van der Waals surface area contributed by atoms with Crippen molar-refractivity contribution in [2.45, 2.75) is 25.1 Å². The van der Waals surface area contributed by atoms with Crippen molar-refractivity contribution >= 4 is 11.8 Å². The number of pyridine rings is 1. The van der Waals surface area contributed by atoms with Gasteiger partial charge in [-0.3, -0.25) is 14.5 Å². The Morgan fingerprint density at radius 3 is 1.59 bits per heavy atom. The maximum Gasteiger partial charge on any atom is 0.416 e. The highest BCUT2D eigenvalue weighted by molar-refractivity contribution is 5.96. The summed E-state index contributed by atoms with van der Waals surface area (Å²) in [6.45, 7) is 3.79. The van der Waals surface area contributed by atoms with E-state index in [-0.39, 0.29) is 17.4 Å². The molecule has 44 heavy (non-hydrogen) atoms. The first-order valence-electron chi connectivity index (χ1n) is 14.9. The summed E-state index contributed by atoms with van der Waals surface area (Å²) in [5.74, 6) is -0.256. The van der Waals surface area contributed by atoms with Gasteiger partial charge in [0.25, 0.3) is 11.8 Å². The topological polar surface area (TPSA) is 56.8 Å². The molecule has 0 N–H and O–H groups in total. The zero-order valence-corrected chi connectivity index (χ0v) is 24.2. The highest BCUT2D eigenvalue weighted by Crippen LogP contribution is 2.30. The highest BCUT2D eigenvalue weighted by Gasteiger charge is 2.33. The van der Waals surface area contributed by atoms with Crippen LogP contribution in [0.25, 0.3) is 22.5 Å². The fourth-order valence-electron chi connectivity index (χ4n) is 6.06. The number of halogens is 3. The van der Waals surface area contributed by atoms with Crippen LogP contribution in [0, 0.1) is 0 Å². The molecule has 0 spiro atoms. The van der Waals surface area contributed by atoms with Crippen LogP contribution in [0.2, 0.25) is 0 Å². The number of rotatable bonds is 5. The minimum absolute atomic E-state index is 0.0154. The second-order valence-corrected chi connectivity index (χ2v) is 11.3. The molecule has 9 heteroatoms. The van der Waals surface area contributed by atoms with Gasteiger partial charge in [0.1, 0.15) is 0 Å². The van der Waals surface area contributed by atoms with E-state index in [0.717, 1.165) is 60.6 Å². The van der Waals surface area contributed by atoms with Gasteiger partial charge in [-0.25, -0.2) is 4.98 Å². The van der Waals surface area contributed by atoms with E-state index < -0.39 is 11.7 Å². The SMILES string of the molecule is O=C(c1ccc(C(F)(F)F)cc1)N1CCC(N2CCN(C(=O)c3cc(-c4ccccc4)nc(-c4ccccc4)c3)CC2)CC1. The zero-order valence-electron chi connectivity index (χ0n) is 24.2. The van der Waals surface area contributed by atoms with E-state index in [1.54, 1.807) is 4.90 Å². The fraction of sp³-hybridized carbons (Fsp3) is 0.286. The molecule has 3 aromatic carbocycles. The van der Waals surface area contributed by atoms with Crippen molar-refractivity contribution in [1.82, 2.24) is 19.7 Å². The number of nitrogens with zero attached hydrogens (tertiary/aromatic N) is 4. The normalized spacial score (nSPS) is 16.6. The number of amides is 2. The third-order valence-electron chi connectivity index (χ3n) is 8.54. The number of carbonyl (C=O) groups excluding carboxylic acids is 2. The number of hydrogen-bond donors (Lipinski definition) is 0. The molecule has 6 rings (SSSR count). The van der Waals surface area contributed by atoms with Gasteiger partial charge in [-0.05, 0) is 49.2 Å². The van der Waals surface area contributed by atoms with Gasteiger partial charge in [0, 0.05) is 67.6 Å². The maximum atomic E-state index is 13.8. The highest BCUT2D eigenvalue weighted by atomic mass is 19.4. The second-order valence-electron chi connectivity index (χ2n) is 11.3. The molecule has 0 saturated carbocycles. The van der Waals surface area contributed by atoms with Gasteiger partial charge in [-0.15, -0.1) is 0 Å². The largest absolute Gasteiger partial charge is 0.416 e. The van der Waals surface area contributed by atoms with Crippen LogP contribution in [0.4, 0.5) is 13.2 Å². The smallest absolute Gasteiger partial charge is 0.339 e. The van der Waals surface area contributed by atoms with Crippen LogP contribution in [0.3, 0.4) is 0 Å². The van der Waals surface area contributed by atoms with Gasteiger partial charge in [0.2, 0.25) is 0 Å². The van der Waals surface area contributed by atoms with Gasteiger partial charge in [0.15, 0.2) is 0 Å². The first kappa shape index (κ1) is 29.6. The summed E-state index contributed by atoms with van der Waals surface area (Å²) < 4.78 is 38.7. The van der Waals surface area contributed by atoms with Crippen LogP contribution in [-0.4, -0.2) is 76.8 Å². The standard InChI is InChI=1S/C35H33F3N4O2/c36-35(37,38)29-13-11-27(12-14-29)33(43)41-17-15-30(16-18-41)40-19-21-42(22-20-40)34(44)28-23-31(25-7-3-1-4-8-25)39-32(24-28)26-9-5-2-6-10-26/h1-14,23-24,30H,15-22H2. The quantitative estimate of drug-likeness (QED) is 0.263. The fourth-order valence-corrected chi connectivity index (χ4v) is 6.06. The van der Waals surface area contributed by atoms with Crippen LogP contribution in [0.1, 0.15) is 39.1 Å². The molecule has 0 bridgehead atoms. The van der Waals surface area contributed by atoms with Crippen molar-refractivity contribution in [3.05, 3.63) is 114 Å². The Balaban J connectivity index is 1.07. The summed E-state index contributed by atoms with van der Waals surface area (Å²) in [5, 5.41) is 0. The number of benzene rings is 3. The zero-order chi connectivity index (χ0) is 30.7. The molecule has 0 aliphatic carbocycles. The van der Waals surface area contributed by atoms with E-state index in [1.807, 2.05) is 77.7 Å². The molecule has 2 fully saturated rings. The molecule has 2 aliphatic rings. The van der Waals surface area contributed by atoms with Crippen LogP contribution in [-0.2, 0) is 6.18 Å². The molecule has 2 saturated heterocycles. The van der Waals surface area contributed by atoms with Gasteiger partial charge in [-0.2, -0.15) is 13.2 Å². The Labute approximate surface area is 254 Å². The molecule has 6 nitrogen and oxygen atoms in total. The second kappa shape index (κ2) is 12.6. The molecule has 0 unspecified atom stereocenters. The Hall–Kier alpha value is -4.50. The van der Waals surface area contributed by atoms with E-state index in [4.69, 9.17) is 4.98 Å². The van der Waals surface area contributed by atoms with E-state index in [0.29, 0.717) is 37.8 Å². The van der Waals surface area contributed by atoms with Crippen molar-refractivity contribution in [2.24, 2.45) is 0 Å². The number of aromatic nitrogens is 1. The lowest BCUT2D eigenvalue weighted by atomic mass is 10.0. The summed E-state index contributed by atoms with van der Waals surface area (Å²) in [6.07, 6.45) is -2.86. The monoisotopic (exact) mass is 598 g/mol. The molecular weight excluding hydrogens is 565 g/mol. The number of alkyl halides is 3. The van der Waals surface area contributed by atoms with Gasteiger partial charge in [0.05, 0.1) is 17.0 Å². The molecular formula is C35H33F3N4O2. The predicted molar refractivity (Wildman–Crippen MR) is 163 cm³/mol. The minimum atomic E-state index is -4.43. The third-order valence-corrected chi connectivity index (χ3v) is 8.54. The number of carbonyl (C=O) groups is 2. The Bertz CT molecular complexity index is 1540. The van der Waals surface area contributed by atoms with Gasteiger partial charge in [-0.1, -0.05) is 60.7 Å². The summed E-state index contributed by atoms with van der Waals surface area (Å²) in [4.78, 5) is 37.5. The van der Waals surface area contributed by atoms with Crippen molar-refractivity contribution in [2.75, 3.05) is 39.3 Å². The Morgan fingerprint density at radius 1 is 0.614 bits per heavy atom. The third kappa shape index (κ3) is 6.53. The molecule has 1 aromatic heterocycles. The van der Waals surface area contributed by atoms with Crippen LogP contribution >= 0.6 is 0 Å². The summed E-state index contributed by atoms with van der Waals surface area (Å²) in [7, 11) is 0. The van der Waals surface area contributed by atoms with E-state index in [2.05, 4.69) is 4.90 Å². The number of piperazine rings is 1. The minimum Gasteiger partial charge on any atom is -0.339 e. The van der Waals surface area contributed by atoms with Crippen LogP contribution < -0.4 is 0 Å². The average Bonchev–Trinajstić information content (AvgIpc) is 3.08. The molecule has 226 valence electrons. The van der Waals surface area contributed by atoms with E-state index in [9.17, 15) is 22.8 Å². The maximum absolute atomic E-state index is 13.8. The van der Waals surface area contributed by atoms with Crippen molar-refractivity contribution in [3.8, 4) is 22.5 Å². The first-order valence-corrected chi connectivity index (χ1v) is 14.9. The first-order chi connectivity index (χ1) is 21.3. The summed E-state index contributed by atoms with van der Waals surface area (Å²) in [5.41, 5.74) is 3.53. The molecule has 2 amide bonds. The van der Waals surface area contributed by atoms with E-state index in [1.165, 1.54) is 12.1 Å². The van der Waals surface area contributed by atoms with E-state index >= 15 is 0 Å². The summed E-state index contributed by atoms with van der Waals surface area (Å²) >= 11 is 0. The average molecular weight is 599 g/mol. The number of likely N-dealkylation sites (tertiary alicyclic amines) is 1. The molecule has 0 radical (unpaired) electrons. The predicted octanol–water partition coefficient (Wildman–Crippen LogP) is 6.50. The molecule has 4 aromatic rings. The molecule has 0 atom stereocenters. The van der Waals surface area contributed by atoms with Gasteiger partial charge < -0.3 is 9.80 Å². The summed E-state index contributed by atoms with van der Waals surface area (Å²) in [6, 6.07) is 28.2. The lowest BCUT2D eigenvalue weighted by Crippen LogP contribution is -2.54.